The van der Waals surface area contributed by atoms with Crippen LogP contribution >= 0.6 is 0 Å². The van der Waals surface area contributed by atoms with Crippen molar-refractivity contribution in [2.75, 3.05) is 11.9 Å². The zero-order chi connectivity index (χ0) is 20.0. The highest BCUT2D eigenvalue weighted by Crippen LogP contribution is 2.24. The lowest BCUT2D eigenvalue weighted by molar-refractivity contribution is -0.115. The van der Waals surface area contributed by atoms with E-state index in [0.29, 0.717) is 0 Å². The second-order valence-corrected chi connectivity index (χ2v) is 8.01. The molecule has 0 radical (unpaired) electrons. The van der Waals surface area contributed by atoms with Crippen molar-refractivity contribution in [2.45, 2.75) is 32.2 Å². The molecule has 0 aliphatic rings. The molecule has 0 heterocycles. The van der Waals surface area contributed by atoms with Crippen molar-refractivity contribution in [3.05, 3.63) is 102 Å². The lowest BCUT2D eigenvalue weighted by Gasteiger charge is -2.20. The van der Waals surface area contributed by atoms with Gasteiger partial charge in [0.15, 0.2) is 0 Å². The highest BCUT2D eigenvalue weighted by molar-refractivity contribution is 5.92. The first-order valence-corrected chi connectivity index (χ1v) is 9.67. The number of rotatable bonds is 6. The van der Waals surface area contributed by atoms with Crippen LogP contribution in [0.5, 0.6) is 0 Å². The quantitative estimate of drug-likeness (QED) is 0.616. The van der Waals surface area contributed by atoms with Crippen molar-refractivity contribution >= 4 is 11.6 Å². The summed E-state index contributed by atoms with van der Waals surface area (Å²) in [7, 11) is 0. The van der Waals surface area contributed by atoms with Crippen LogP contribution in [0.25, 0.3) is 0 Å². The van der Waals surface area contributed by atoms with Crippen LogP contribution < -0.4 is 10.6 Å². The second kappa shape index (κ2) is 8.85. The number of amides is 1. The van der Waals surface area contributed by atoms with Crippen LogP contribution in [0.15, 0.2) is 84.9 Å². The molecule has 28 heavy (non-hydrogen) atoms. The minimum Gasteiger partial charge on any atom is -0.325 e. The predicted molar refractivity (Wildman–Crippen MR) is 117 cm³/mol. The lowest BCUT2D eigenvalue weighted by Crippen LogP contribution is -2.31. The van der Waals surface area contributed by atoms with E-state index in [-0.39, 0.29) is 23.9 Å². The van der Waals surface area contributed by atoms with E-state index < -0.39 is 0 Å². The summed E-state index contributed by atoms with van der Waals surface area (Å²) in [6, 6.07) is 28.4. The van der Waals surface area contributed by atoms with Gasteiger partial charge in [-0.2, -0.15) is 0 Å². The molecular weight excluding hydrogens is 344 g/mol. The molecule has 144 valence electrons. The Balaban J connectivity index is 1.65. The van der Waals surface area contributed by atoms with Gasteiger partial charge in [0.1, 0.15) is 0 Å². The molecule has 0 aromatic heterocycles. The van der Waals surface area contributed by atoms with Gasteiger partial charge in [0.05, 0.1) is 12.6 Å². The van der Waals surface area contributed by atoms with E-state index in [0.717, 1.165) is 16.8 Å². The molecule has 0 spiro atoms. The summed E-state index contributed by atoms with van der Waals surface area (Å²) in [6.07, 6.45) is 0. The van der Waals surface area contributed by atoms with E-state index in [1.807, 2.05) is 48.5 Å². The van der Waals surface area contributed by atoms with E-state index in [1.165, 1.54) is 5.56 Å². The highest BCUT2D eigenvalue weighted by Gasteiger charge is 2.16. The Bertz CT molecular complexity index is 842. The lowest BCUT2D eigenvalue weighted by atomic mass is 9.87. The average Bonchev–Trinajstić information content (AvgIpc) is 2.69. The smallest absolute Gasteiger partial charge is 0.238 e. The van der Waals surface area contributed by atoms with E-state index in [9.17, 15) is 4.79 Å². The first kappa shape index (κ1) is 19.8. The minimum absolute atomic E-state index is 0.0311. The van der Waals surface area contributed by atoms with Crippen molar-refractivity contribution in [1.82, 2.24) is 5.32 Å². The Morgan fingerprint density at radius 3 is 1.75 bits per heavy atom. The number of anilines is 1. The number of hydrogen-bond donors (Lipinski definition) is 2. The summed E-state index contributed by atoms with van der Waals surface area (Å²) in [5, 5.41) is 6.37. The molecule has 3 rings (SSSR count). The van der Waals surface area contributed by atoms with Crippen molar-refractivity contribution in [1.29, 1.82) is 0 Å². The number of carbonyl (C=O) groups excluding carboxylic acids is 1. The fraction of sp³-hybridized carbons (Fsp3) is 0.240. The van der Waals surface area contributed by atoms with Gasteiger partial charge in [0.2, 0.25) is 5.91 Å². The molecule has 0 saturated heterocycles. The molecule has 3 aromatic carbocycles. The molecule has 0 fully saturated rings. The van der Waals surface area contributed by atoms with Crippen molar-refractivity contribution in [3.63, 3.8) is 0 Å². The maximum atomic E-state index is 12.5. The van der Waals surface area contributed by atoms with E-state index in [1.54, 1.807) is 0 Å². The van der Waals surface area contributed by atoms with Crippen molar-refractivity contribution < 1.29 is 4.79 Å². The molecule has 0 unspecified atom stereocenters. The summed E-state index contributed by atoms with van der Waals surface area (Å²) in [6.45, 7) is 6.77. The van der Waals surface area contributed by atoms with Gasteiger partial charge in [0.25, 0.3) is 0 Å². The normalized spacial score (nSPS) is 11.4. The third-order valence-electron chi connectivity index (χ3n) is 4.77. The fourth-order valence-corrected chi connectivity index (χ4v) is 3.17. The Labute approximate surface area is 167 Å². The summed E-state index contributed by atoms with van der Waals surface area (Å²) < 4.78 is 0. The standard InChI is InChI=1S/C25H28N2O/c1-25(2,3)21-14-16-22(17-15-21)27-23(28)18-26-24(19-10-6-4-7-11-19)20-12-8-5-9-13-20/h4-17,24,26H,18H2,1-3H3,(H,27,28). The highest BCUT2D eigenvalue weighted by atomic mass is 16.1. The van der Waals surface area contributed by atoms with Crippen LogP contribution in [-0.2, 0) is 10.2 Å². The van der Waals surface area contributed by atoms with E-state index in [4.69, 9.17) is 0 Å². The molecule has 3 aromatic rings. The largest absolute Gasteiger partial charge is 0.325 e. The van der Waals surface area contributed by atoms with Crippen LogP contribution in [0.4, 0.5) is 5.69 Å². The van der Waals surface area contributed by atoms with Gasteiger partial charge >= 0.3 is 0 Å². The van der Waals surface area contributed by atoms with Gasteiger partial charge < -0.3 is 5.32 Å². The Morgan fingerprint density at radius 2 is 1.29 bits per heavy atom. The Kier molecular flexibility index (Phi) is 6.27. The zero-order valence-electron chi connectivity index (χ0n) is 16.8. The molecule has 0 saturated carbocycles. The van der Waals surface area contributed by atoms with Gasteiger partial charge in [-0.3, -0.25) is 10.1 Å². The number of benzene rings is 3. The molecule has 3 heteroatoms. The number of nitrogens with one attached hydrogen (secondary N) is 2. The SMILES string of the molecule is CC(C)(C)c1ccc(NC(=O)CNC(c2ccccc2)c2ccccc2)cc1. The van der Waals surface area contributed by atoms with Gasteiger partial charge in [-0.05, 0) is 34.2 Å². The van der Waals surface area contributed by atoms with E-state index in [2.05, 4.69) is 67.8 Å². The number of hydrogen-bond acceptors (Lipinski definition) is 2. The minimum atomic E-state index is -0.0552. The molecule has 3 nitrogen and oxygen atoms in total. The van der Waals surface area contributed by atoms with Crippen LogP contribution in [-0.4, -0.2) is 12.5 Å². The summed E-state index contributed by atoms with van der Waals surface area (Å²) in [5.41, 5.74) is 4.43. The maximum absolute atomic E-state index is 12.5. The van der Waals surface area contributed by atoms with Crippen LogP contribution in [0.2, 0.25) is 0 Å². The Hall–Kier alpha value is -2.91. The van der Waals surface area contributed by atoms with Gasteiger partial charge in [-0.1, -0.05) is 93.6 Å². The van der Waals surface area contributed by atoms with Crippen LogP contribution in [0, 0.1) is 0 Å². The van der Waals surface area contributed by atoms with Crippen molar-refractivity contribution in [3.8, 4) is 0 Å². The first-order valence-electron chi connectivity index (χ1n) is 9.67. The fourth-order valence-electron chi connectivity index (χ4n) is 3.17. The van der Waals surface area contributed by atoms with Crippen molar-refractivity contribution in [2.24, 2.45) is 0 Å². The molecular formula is C25H28N2O. The van der Waals surface area contributed by atoms with Crippen LogP contribution in [0.3, 0.4) is 0 Å². The zero-order valence-corrected chi connectivity index (χ0v) is 16.8. The Morgan fingerprint density at radius 1 is 0.786 bits per heavy atom. The first-order chi connectivity index (χ1) is 13.4. The summed E-state index contributed by atoms with van der Waals surface area (Å²) in [4.78, 5) is 12.5. The topological polar surface area (TPSA) is 41.1 Å². The van der Waals surface area contributed by atoms with Crippen LogP contribution in [0.1, 0.15) is 43.5 Å². The van der Waals surface area contributed by atoms with Gasteiger partial charge in [-0.25, -0.2) is 0 Å². The molecule has 0 aliphatic carbocycles. The summed E-state index contributed by atoms with van der Waals surface area (Å²) in [5.74, 6) is -0.0552. The molecule has 0 atom stereocenters. The van der Waals surface area contributed by atoms with E-state index >= 15 is 0 Å². The summed E-state index contributed by atoms with van der Waals surface area (Å²) >= 11 is 0. The maximum Gasteiger partial charge on any atom is 0.238 e. The average molecular weight is 373 g/mol. The van der Waals surface area contributed by atoms with Gasteiger partial charge in [-0.15, -0.1) is 0 Å². The monoisotopic (exact) mass is 372 g/mol. The second-order valence-electron chi connectivity index (χ2n) is 8.01. The number of carbonyl (C=O) groups is 1. The molecule has 0 bridgehead atoms. The third-order valence-corrected chi connectivity index (χ3v) is 4.77. The molecule has 1 amide bonds. The molecule has 0 aliphatic heterocycles. The predicted octanol–water partition coefficient (Wildman–Crippen LogP) is 5.30. The van der Waals surface area contributed by atoms with Gasteiger partial charge in [0, 0.05) is 5.69 Å². The molecule has 2 N–H and O–H groups in total. The third kappa shape index (κ3) is 5.30.